The molecule has 0 aromatic rings. The van der Waals surface area contributed by atoms with Gasteiger partial charge in [-0.3, -0.25) is 4.79 Å². The van der Waals surface area contributed by atoms with Gasteiger partial charge in [-0.25, -0.2) is 0 Å². The summed E-state index contributed by atoms with van der Waals surface area (Å²) < 4.78 is 0. The highest BCUT2D eigenvalue weighted by Gasteiger charge is 2.28. The van der Waals surface area contributed by atoms with Gasteiger partial charge in [-0.15, -0.1) is 0 Å². The van der Waals surface area contributed by atoms with E-state index < -0.39 is 0 Å². The predicted octanol–water partition coefficient (Wildman–Crippen LogP) is 2.20. The lowest BCUT2D eigenvalue weighted by molar-refractivity contribution is -0.124. The first-order valence-electron chi connectivity index (χ1n) is 6.57. The minimum Gasteiger partial charge on any atom is -0.351 e. The second-order valence-electron chi connectivity index (χ2n) is 5.37. The first-order valence-corrected chi connectivity index (χ1v) is 6.57. The molecule has 1 rings (SSSR count). The lowest BCUT2D eigenvalue weighted by Crippen LogP contribution is -2.46. The first kappa shape index (κ1) is 13.5. The standard InChI is InChI=1S/C13H26N2O/c1-4-13(3,5-2)15-12(16)9-10-7-6-8-11(10)14/h10-11H,4-9,14H2,1-3H3,(H,15,16)/t10-,11+/m0/s1. The summed E-state index contributed by atoms with van der Waals surface area (Å²) in [6, 6.07) is 0.236. The Kier molecular flexibility index (Phi) is 4.78. The maximum atomic E-state index is 11.9. The third-order valence-corrected chi connectivity index (χ3v) is 4.17. The highest BCUT2D eigenvalue weighted by molar-refractivity contribution is 5.77. The molecule has 3 heteroatoms. The maximum Gasteiger partial charge on any atom is 0.220 e. The monoisotopic (exact) mass is 226 g/mol. The summed E-state index contributed by atoms with van der Waals surface area (Å²) in [5.74, 6) is 0.575. The van der Waals surface area contributed by atoms with Crippen molar-refractivity contribution in [1.82, 2.24) is 5.32 Å². The Hall–Kier alpha value is -0.570. The topological polar surface area (TPSA) is 55.1 Å². The number of hydrogen-bond acceptors (Lipinski definition) is 2. The van der Waals surface area contributed by atoms with Crippen molar-refractivity contribution in [2.24, 2.45) is 11.7 Å². The lowest BCUT2D eigenvalue weighted by Gasteiger charge is -2.29. The van der Waals surface area contributed by atoms with Gasteiger partial charge in [0.15, 0.2) is 0 Å². The Morgan fingerprint density at radius 1 is 1.38 bits per heavy atom. The number of nitrogens with one attached hydrogen (secondary N) is 1. The van der Waals surface area contributed by atoms with Crippen LogP contribution in [-0.4, -0.2) is 17.5 Å². The molecular formula is C13H26N2O. The smallest absolute Gasteiger partial charge is 0.220 e. The molecule has 0 radical (unpaired) electrons. The Morgan fingerprint density at radius 3 is 2.44 bits per heavy atom. The number of nitrogens with two attached hydrogens (primary N) is 1. The van der Waals surface area contributed by atoms with E-state index in [1.54, 1.807) is 0 Å². The average molecular weight is 226 g/mol. The molecule has 0 aliphatic heterocycles. The van der Waals surface area contributed by atoms with E-state index in [4.69, 9.17) is 5.73 Å². The van der Waals surface area contributed by atoms with Gasteiger partial charge in [0, 0.05) is 18.0 Å². The van der Waals surface area contributed by atoms with Crippen molar-refractivity contribution in [1.29, 1.82) is 0 Å². The van der Waals surface area contributed by atoms with Gasteiger partial charge >= 0.3 is 0 Å². The summed E-state index contributed by atoms with van der Waals surface area (Å²) >= 11 is 0. The molecule has 1 saturated carbocycles. The van der Waals surface area contributed by atoms with Gasteiger partial charge < -0.3 is 11.1 Å². The lowest BCUT2D eigenvalue weighted by atomic mass is 9.93. The molecule has 1 aliphatic rings. The van der Waals surface area contributed by atoms with Crippen LogP contribution in [0.15, 0.2) is 0 Å². The molecule has 0 saturated heterocycles. The predicted molar refractivity (Wildman–Crippen MR) is 67.1 cm³/mol. The third-order valence-electron chi connectivity index (χ3n) is 4.17. The maximum absolute atomic E-state index is 11.9. The van der Waals surface area contributed by atoms with Crippen LogP contribution in [0.4, 0.5) is 0 Å². The van der Waals surface area contributed by atoms with Crippen LogP contribution < -0.4 is 11.1 Å². The van der Waals surface area contributed by atoms with Crippen molar-refractivity contribution in [3.05, 3.63) is 0 Å². The molecule has 16 heavy (non-hydrogen) atoms. The van der Waals surface area contributed by atoms with E-state index >= 15 is 0 Å². The molecular weight excluding hydrogens is 200 g/mol. The number of amides is 1. The normalized spacial score (nSPS) is 25.8. The van der Waals surface area contributed by atoms with Gasteiger partial charge in [-0.05, 0) is 38.5 Å². The van der Waals surface area contributed by atoms with Crippen molar-refractivity contribution in [3.8, 4) is 0 Å². The molecule has 1 amide bonds. The minimum absolute atomic E-state index is 0.0419. The molecule has 1 aliphatic carbocycles. The van der Waals surface area contributed by atoms with Crippen LogP contribution in [-0.2, 0) is 4.79 Å². The zero-order valence-corrected chi connectivity index (χ0v) is 10.9. The van der Waals surface area contributed by atoms with Gasteiger partial charge in [0.2, 0.25) is 5.91 Å². The molecule has 94 valence electrons. The summed E-state index contributed by atoms with van der Waals surface area (Å²) in [4.78, 5) is 11.9. The summed E-state index contributed by atoms with van der Waals surface area (Å²) in [7, 11) is 0. The minimum atomic E-state index is -0.0419. The van der Waals surface area contributed by atoms with Crippen LogP contribution in [0.25, 0.3) is 0 Å². The van der Waals surface area contributed by atoms with Gasteiger partial charge in [0.25, 0.3) is 0 Å². The second kappa shape index (κ2) is 5.67. The summed E-state index contributed by atoms with van der Waals surface area (Å²) in [5.41, 5.74) is 5.93. The van der Waals surface area contributed by atoms with Crippen molar-refractivity contribution >= 4 is 5.91 Å². The Balaban J connectivity index is 2.40. The Labute approximate surface area is 99.2 Å². The summed E-state index contributed by atoms with van der Waals surface area (Å²) in [5, 5.41) is 3.15. The molecule has 0 bridgehead atoms. The SMILES string of the molecule is CCC(C)(CC)NC(=O)C[C@@H]1CCC[C@H]1N. The summed E-state index contributed by atoms with van der Waals surface area (Å²) in [6.45, 7) is 6.34. The van der Waals surface area contributed by atoms with E-state index in [0.29, 0.717) is 12.3 Å². The van der Waals surface area contributed by atoms with Gasteiger partial charge in [0.05, 0.1) is 0 Å². The Bertz CT molecular complexity index is 236. The van der Waals surface area contributed by atoms with Crippen molar-refractivity contribution < 1.29 is 4.79 Å². The number of carbonyl (C=O) groups excluding carboxylic acids is 1. The van der Waals surface area contributed by atoms with Crippen LogP contribution in [0, 0.1) is 5.92 Å². The second-order valence-corrected chi connectivity index (χ2v) is 5.37. The van der Waals surface area contributed by atoms with E-state index in [2.05, 4.69) is 26.1 Å². The molecule has 0 heterocycles. The van der Waals surface area contributed by atoms with Crippen LogP contribution >= 0.6 is 0 Å². The van der Waals surface area contributed by atoms with Crippen molar-refractivity contribution in [2.45, 2.75) is 70.9 Å². The number of rotatable bonds is 5. The van der Waals surface area contributed by atoms with E-state index in [9.17, 15) is 4.79 Å². The third kappa shape index (κ3) is 3.48. The van der Waals surface area contributed by atoms with Gasteiger partial charge in [-0.1, -0.05) is 20.3 Å². The largest absolute Gasteiger partial charge is 0.351 e. The summed E-state index contributed by atoms with van der Waals surface area (Å²) in [6.07, 6.45) is 5.94. The molecule has 3 nitrogen and oxygen atoms in total. The van der Waals surface area contributed by atoms with Crippen LogP contribution in [0.2, 0.25) is 0 Å². The van der Waals surface area contributed by atoms with Crippen molar-refractivity contribution in [2.75, 3.05) is 0 Å². The van der Waals surface area contributed by atoms with Crippen molar-refractivity contribution in [3.63, 3.8) is 0 Å². The average Bonchev–Trinajstić information content (AvgIpc) is 2.64. The van der Waals surface area contributed by atoms with E-state index in [-0.39, 0.29) is 17.5 Å². The van der Waals surface area contributed by atoms with E-state index in [1.165, 1.54) is 6.42 Å². The zero-order valence-electron chi connectivity index (χ0n) is 10.9. The fourth-order valence-corrected chi connectivity index (χ4v) is 2.37. The van der Waals surface area contributed by atoms with E-state index in [0.717, 1.165) is 25.7 Å². The molecule has 0 aromatic heterocycles. The Morgan fingerprint density at radius 2 is 2.00 bits per heavy atom. The van der Waals surface area contributed by atoms with Gasteiger partial charge in [-0.2, -0.15) is 0 Å². The zero-order chi connectivity index (χ0) is 12.2. The van der Waals surface area contributed by atoms with Crippen LogP contribution in [0.3, 0.4) is 0 Å². The van der Waals surface area contributed by atoms with Crippen LogP contribution in [0.5, 0.6) is 0 Å². The number of hydrogen-bond donors (Lipinski definition) is 2. The molecule has 2 atom stereocenters. The highest BCUT2D eigenvalue weighted by Crippen LogP contribution is 2.27. The molecule has 0 unspecified atom stereocenters. The van der Waals surface area contributed by atoms with Crippen LogP contribution in [0.1, 0.15) is 59.3 Å². The first-order chi connectivity index (χ1) is 7.50. The number of carbonyl (C=O) groups is 1. The van der Waals surface area contributed by atoms with Gasteiger partial charge in [0.1, 0.15) is 0 Å². The molecule has 1 fully saturated rings. The quantitative estimate of drug-likeness (QED) is 0.755. The highest BCUT2D eigenvalue weighted by atomic mass is 16.1. The fourth-order valence-electron chi connectivity index (χ4n) is 2.37. The molecule has 3 N–H and O–H groups in total. The molecule has 0 spiro atoms. The molecule has 0 aromatic carbocycles. The fraction of sp³-hybridized carbons (Fsp3) is 0.923. The van der Waals surface area contributed by atoms with E-state index in [1.807, 2.05) is 0 Å².